The van der Waals surface area contributed by atoms with Crippen molar-refractivity contribution < 1.29 is 4.74 Å². The molecule has 0 unspecified atom stereocenters. The molecular formula is C12H10N4OS. The second-order valence-corrected chi connectivity index (χ2v) is 4.56. The lowest BCUT2D eigenvalue weighted by atomic mass is 10.1. The maximum absolute atomic E-state index is 5.43. The van der Waals surface area contributed by atoms with Crippen LogP contribution in [-0.2, 0) is 0 Å². The quantitative estimate of drug-likeness (QED) is 0.724. The summed E-state index contributed by atoms with van der Waals surface area (Å²) in [4.78, 5) is 1.18. The van der Waals surface area contributed by atoms with Crippen LogP contribution in [0, 0.1) is 0 Å². The molecule has 0 fully saturated rings. The molecule has 0 radical (unpaired) electrons. The summed E-state index contributed by atoms with van der Waals surface area (Å²) in [5, 5.41) is 13.1. The Hall–Kier alpha value is -2.21. The van der Waals surface area contributed by atoms with Crippen molar-refractivity contribution >= 4 is 11.3 Å². The minimum Gasteiger partial charge on any atom is -0.496 e. The van der Waals surface area contributed by atoms with Crippen LogP contribution < -0.4 is 4.74 Å². The van der Waals surface area contributed by atoms with Crippen molar-refractivity contribution in [1.29, 1.82) is 0 Å². The van der Waals surface area contributed by atoms with Crippen molar-refractivity contribution in [2.24, 2.45) is 0 Å². The first-order chi connectivity index (χ1) is 8.88. The van der Waals surface area contributed by atoms with E-state index >= 15 is 0 Å². The SMILES string of the molecule is COc1cc(-n2cnnn2)ccc1-c1cccs1. The molecular weight excluding hydrogens is 248 g/mol. The highest BCUT2D eigenvalue weighted by atomic mass is 32.1. The Bertz CT molecular complexity index is 634. The number of thiophene rings is 1. The predicted molar refractivity (Wildman–Crippen MR) is 69.0 cm³/mol. The Morgan fingerprint density at radius 3 is 2.89 bits per heavy atom. The lowest BCUT2D eigenvalue weighted by molar-refractivity contribution is 0.416. The lowest BCUT2D eigenvalue weighted by Crippen LogP contribution is -1.96. The average molecular weight is 258 g/mol. The summed E-state index contributed by atoms with van der Waals surface area (Å²) < 4.78 is 7.03. The van der Waals surface area contributed by atoms with Crippen LogP contribution in [0.15, 0.2) is 42.0 Å². The summed E-state index contributed by atoms with van der Waals surface area (Å²) in [6.45, 7) is 0. The number of benzene rings is 1. The molecule has 0 N–H and O–H groups in total. The summed E-state index contributed by atoms with van der Waals surface area (Å²) in [6, 6.07) is 9.99. The third kappa shape index (κ3) is 1.86. The van der Waals surface area contributed by atoms with Gasteiger partial charge in [-0.05, 0) is 34.0 Å². The van der Waals surface area contributed by atoms with E-state index in [9.17, 15) is 0 Å². The van der Waals surface area contributed by atoms with Gasteiger partial charge in [0, 0.05) is 16.5 Å². The van der Waals surface area contributed by atoms with E-state index in [1.165, 1.54) is 4.88 Å². The zero-order chi connectivity index (χ0) is 12.4. The minimum absolute atomic E-state index is 0.811. The molecule has 0 spiro atoms. The van der Waals surface area contributed by atoms with Gasteiger partial charge in [-0.25, -0.2) is 4.68 Å². The number of hydrogen-bond acceptors (Lipinski definition) is 5. The van der Waals surface area contributed by atoms with E-state index in [2.05, 4.69) is 21.6 Å². The molecule has 1 aromatic carbocycles. The molecule has 6 heteroatoms. The highest BCUT2D eigenvalue weighted by Gasteiger charge is 2.09. The Kier molecular flexibility index (Phi) is 2.77. The van der Waals surface area contributed by atoms with Crippen molar-refractivity contribution in [3.05, 3.63) is 42.0 Å². The van der Waals surface area contributed by atoms with Crippen molar-refractivity contribution in [3.63, 3.8) is 0 Å². The summed E-state index contributed by atoms with van der Waals surface area (Å²) in [5.74, 6) is 0.811. The highest BCUT2D eigenvalue weighted by molar-refractivity contribution is 7.13. The number of nitrogens with zero attached hydrogens (tertiary/aromatic N) is 4. The van der Waals surface area contributed by atoms with Crippen LogP contribution in [0.3, 0.4) is 0 Å². The fourth-order valence-corrected chi connectivity index (χ4v) is 2.49. The molecule has 3 rings (SSSR count). The predicted octanol–water partition coefficient (Wildman–Crippen LogP) is 2.40. The van der Waals surface area contributed by atoms with Crippen LogP contribution in [0.4, 0.5) is 0 Å². The molecule has 3 aromatic rings. The van der Waals surface area contributed by atoms with Gasteiger partial charge in [-0.1, -0.05) is 6.07 Å². The molecule has 0 aliphatic rings. The maximum Gasteiger partial charge on any atom is 0.143 e. The second kappa shape index (κ2) is 4.58. The summed E-state index contributed by atoms with van der Waals surface area (Å²) in [6.07, 6.45) is 1.56. The smallest absolute Gasteiger partial charge is 0.143 e. The zero-order valence-corrected chi connectivity index (χ0v) is 10.5. The fraction of sp³-hybridized carbons (Fsp3) is 0.0833. The molecule has 18 heavy (non-hydrogen) atoms. The second-order valence-electron chi connectivity index (χ2n) is 3.62. The van der Waals surface area contributed by atoms with Gasteiger partial charge < -0.3 is 4.74 Å². The van der Waals surface area contributed by atoms with E-state index in [0.717, 1.165) is 17.0 Å². The maximum atomic E-state index is 5.43. The van der Waals surface area contributed by atoms with Gasteiger partial charge >= 0.3 is 0 Å². The van der Waals surface area contributed by atoms with Gasteiger partial charge in [-0.2, -0.15) is 0 Å². The topological polar surface area (TPSA) is 52.8 Å². The molecule has 0 aliphatic heterocycles. The van der Waals surface area contributed by atoms with Gasteiger partial charge in [0.25, 0.3) is 0 Å². The molecule has 5 nitrogen and oxygen atoms in total. The monoisotopic (exact) mass is 258 g/mol. The van der Waals surface area contributed by atoms with Gasteiger partial charge in [0.05, 0.1) is 12.8 Å². The fourth-order valence-electron chi connectivity index (χ4n) is 1.74. The van der Waals surface area contributed by atoms with Gasteiger partial charge in [0.1, 0.15) is 12.1 Å². The third-order valence-corrected chi connectivity index (χ3v) is 3.49. The molecule has 2 aromatic heterocycles. The normalized spacial score (nSPS) is 10.5. The first-order valence-corrected chi connectivity index (χ1v) is 6.22. The van der Waals surface area contributed by atoms with E-state index in [-0.39, 0.29) is 0 Å². The summed E-state index contributed by atoms with van der Waals surface area (Å²) in [7, 11) is 1.66. The molecule has 0 saturated heterocycles. The minimum atomic E-state index is 0.811. The van der Waals surface area contributed by atoms with Crippen molar-refractivity contribution in [3.8, 4) is 21.9 Å². The summed E-state index contributed by atoms with van der Waals surface area (Å²) >= 11 is 1.68. The number of hydrogen-bond donors (Lipinski definition) is 0. The van der Waals surface area contributed by atoms with E-state index in [1.807, 2.05) is 29.6 Å². The highest BCUT2D eigenvalue weighted by Crippen LogP contribution is 2.34. The number of ether oxygens (including phenoxy) is 1. The van der Waals surface area contributed by atoms with Crippen molar-refractivity contribution in [1.82, 2.24) is 20.2 Å². The van der Waals surface area contributed by atoms with Crippen LogP contribution in [0.5, 0.6) is 5.75 Å². The lowest BCUT2D eigenvalue weighted by Gasteiger charge is -2.08. The summed E-state index contributed by atoms with van der Waals surface area (Å²) in [5.41, 5.74) is 1.95. The van der Waals surface area contributed by atoms with Crippen LogP contribution in [0.2, 0.25) is 0 Å². The van der Waals surface area contributed by atoms with E-state index in [1.54, 1.807) is 29.5 Å². The molecule has 0 amide bonds. The van der Waals surface area contributed by atoms with E-state index in [4.69, 9.17) is 4.74 Å². The van der Waals surface area contributed by atoms with Crippen molar-refractivity contribution in [2.45, 2.75) is 0 Å². The van der Waals surface area contributed by atoms with Crippen molar-refractivity contribution in [2.75, 3.05) is 7.11 Å². The van der Waals surface area contributed by atoms with Gasteiger partial charge in [-0.3, -0.25) is 0 Å². The Labute approximate surface area is 108 Å². The largest absolute Gasteiger partial charge is 0.496 e. The van der Waals surface area contributed by atoms with Crippen LogP contribution in [0.1, 0.15) is 0 Å². The number of tetrazole rings is 1. The Morgan fingerprint density at radius 2 is 2.22 bits per heavy atom. The third-order valence-electron chi connectivity index (χ3n) is 2.59. The number of methoxy groups -OCH3 is 1. The van der Waals surface area contributed by atoms with Crippen LogP contribution in [-0.4, -0.2) is 27.3 Å². The molecule has 0 saturated carbocycles. The Balaban J connectivity index is 2.08. The van der Waals surface area contributed by atoms with E-state index in [0.29, 0.717) is 0 Å². The van der Waals surface area contributed by atoms with Gasteiger partial charge in [0.2, 0.25) is 0 Å². The molecule has 90 valence electrons. The number of aromatic nitrogens is 4. The molecule has 0 aliphatic carbocycles. The Morgan fingerprint density at radius 1 is 1.28 bits per heavy atom. The standard InChI is InChI=1S/C12H10N4OS/c1-17-11-7-9(16-8-13-14-15-16)4-5-10(11)12-3-2-6-18-12/h2-8H,1H3. The molecule has 0 bridgehead atoms. The first-order valence-electron chi connectivity index (χ1n) is 5.34. The first kappa shape index (κ1) is 10.9. The molecule has 2 heterocycles. The number of rotatable bonds is 3. The van der Waals surface area contributed by atoms with Gasteiger partial charge in [0.15, 0.2) is 0 Å². The van der Waals surface area contributed by atoms with Crippen LogP contribution in [0.25, 0.3) is 16.1 Å². The zero-order valence-electron chi connectivity index (χ0n) is 9.65. The molecule has 0 atom stereocenters. The van der Waals surface area contributed by atoms with E-state index < -0.39 is 0 Å². The average Bonchev–Trinajstić information content (AvgIpc) is 3.11. The van der Waals surface area contributed by atoms with Crippen LogP contribution >= 0.6 is 11.3 Å². The van der Waals surface area contributed by atoms with Gasteiger partial charge in [-0.15, -0.1) is 16.4 Å².